The number of carbonyl (C=O) groups excluding carboxylic acids is 1. The Kier molecular flexibility index (Phi) is 6.25. The molecule has 2 bridgehead atoms. The van der Waals surface area contributed by atoms with E-state index in [1.165, 1.54) is 6.42 Å². The summed E-state index contributed by atoms with van der Waals surface area (Å²) in [5, 5.41) is 10.0. The molecule has 28 heavy (non-hydrogen) atoms. The first-order valence-corrected chi connectivity index (χ1v) is 9.88. The zero-order valence-corrected chi connectivity index (χ0v) is 16.8. The van der Waals surface area contributed by atoms with Crippen LogP contribution in [0, 0.1) is 18.8 Å². The van der Waals surface area contributed by atoms with Crippen LogP contribution in [-0.2, 0) is 9.53 Å². The van der Waals surface area contributed by atoms with Crippen molar-refractivity contribution >= 4 is 12.4 Å². The first-order valence-electron chi connectivity index (χ1n) is 9.88. The average molecular weight is 390 g/mol. The van der Waals surface area contributed by atoms with Crippen molar-refractivity contribution < 1.29 is 24.2 Å². The van der Waals surface area contributed by atoms with Gasteiger partial charge in [-0.2, -0.15) is 0 Å². The molecule has 0 unspecified atom stereocenters. The van der Waals surface area contributed by atoms with Crippen molar-refractivity contribution in [3.8, 4) is 5.75 Å². The summed E-state index contributed by atoms with van der Waals surface area (Å²) in [6.45, 7) is 7.88. The number of nitrogens with one attached hydrogen (secondary N) is 1. The van der Waals surface area contributed by atoms with Crippen LogP contribution >= 0.6 is 0 Å². The predicted molar refractivity (Wildman–Crippen MR) is 105 cm³/mol. The Hall–Kier alpha value is -2.12. The fraction of sp³-hybridized carbons (Fsp3) is 0.619. The van der Waals surface area contributed by atoms with Crippen molar-refractivity contribution in [2.75, 3.05) is 33.3 Å². The lowest BCUT2D eigenvalue weighted by atomic mass is 9.73. The van der Waals surface area contributed by atoms with Gasteiger partial charge in [0.05, 0.1) is 18.8 Å². The maximum atomic E-state index is 12.6. The third kappa shape index (κ3) is 3.73. The van der Waals surface area contributed by atoms with Gasteiger partial charge < -0.3 is 24.8 Å². The van der Waals surface area contributed by atoms with Crippen molar-refractivity contribution in [2.24, 2.45) is 11.8 Å². The molecule has 154 valence electrons. The van der Waals surface area contributed by atoms with Crippen LogP contribution < -0.4 is 10.1 Å². The van der Waals surface area contributed by atoms with Gasteiger partial charge in [0.15, 0.2) is 0 Å². The van der Waals surface area contributed by atoms with Crippen LogP contribution in [-0.4, -0.2) is 67.4 Å². The van der Waals surface area contributed by atoms with Gasteiger partial charge in [0, 0.05) is 37.0 Å². The summed E-state index contributed by atoms with van der Waals surface area (Å²) in [5.41, 5.74) is 1.75. The van der Waals surface area contributed by atoms with Crippen LogP contribution in [0.4, 0.5) is 0 Å². The van der Waals surface area contributed by atoms with Crippen molar-refractivity contribution in [2.45, 2.75) is 38.4 Å². The first-order chi connectivity index (χ1) is 13.5. The summed E-state index contributed by atoms with van der Waals surface area (Å²) in [6.07, 6.45) is 2.63. The Labute approximate surface area is 166 Å². The van der Waals surface area contributed by atoms with Gasteiger partial charge in [-0.3, -0.25) is 9.59 Å². The number of fused-ring (bicyclic) bond motifs is 1. The van der Waals surface area contributed by atoms with Gasteiger partial charge in [-0.05, 0) is 44.0 Å². The Morgan fingerprint density at radius 3 is 2.93 bits per heavy atom. The van der Waals surface area contributed by atoms with Crippen LogP contribution in [0.5, 0.6) is 5.75 Å². The number of amides is 1. The molecule has 1 amide bonds. The number of carbonyl (C=O) groups is 2. The largest absolute Gasteiger partial charge is 0.496 e. The molecule has 3 aliphatic rings. The van der Waals surface area contributed by atoms with Crippen LogP contribution in [0.25, 0.3) is 0 Å². The molecule has 1 aromatic carbocycles. The lowest BCUT2D eigenvalue weighted by Crippen LogP contribution is -2.41. The molecule has 0 aliphatic carbocycles. The summed E-state index contributed by atoms with van der Waals surface area (Å²) < 4.78 is 11.7. The summed E-state index contributed by atoms with van der Waals surface area (Å²) in [4.78, 5) is 23.4. The van der Waals surface area contributed by atoms with Gasteiger partial charge in [-0.15, -0.1) is 0 Å². The summed E-state index contributed by atoms with van der Waals surface area (Å²) >= 11 is 0. The van der Waals surface area contributed by atoms with Crippen molar-refractivity contribution in [1.29, 1.82) is 0 Å². The zero-order valence-electron chi connectivity index (χ0n) is 16.8. The summed E-state index contributed by atoms with van der Waals surface area (Å²) in [6, 6.07) is 5.61. The molecule has 7 nitrogen and oxygen atoms in total. The van der Waals surface area contributed by atoms with Crippen LogP contribution in [0.15, 0.2) is 18.2 Å². The normalized spacial score (nSPS) is 30.3. The second-order valence-electron chi connectivity index (χ2n) is 7.86. The molecular weight excluding hydrogens is 360 g/mol. The van der Waals surface area contributed by atoms with E-state index in [4.69, 9.17) is 19.4 Å². The molecule has 4 atom stereocenters. The van der Waals surface area contributed by atoms with E-state index < -0.39 is 0 Å². The van der Waals surface area contributed by atoms with Gasteiger partial charge in [0.25, 0.3) is 12.4 Å². The number of methoxy groups -OCH3 is 1. The number of likely N-dealkylation sites (N-methyl/N-ethyl adjacent to an activating group) is 1. The van der Waals surface area contributed by atoms with Crippen LogP contribution in [0.3, 0.4) is 0 Å². The van der Waals surface area contributed by atoms with E-state index >= 15 is 0 Å². The predicted octanol–water partition coefficient (Wildman–Crippen LogP) is 1.93. The lowest BCUT2D eigenvalue weighted by molar-refractivity contribution is -0.122. The number of rotatable bonds is 5. The SMILES string of the molecule is CCN1C[C@@H]2[C@H](CNC(=O)c3ccc(C)c(OC)c3)[C@H]3CC[C@]2(C1)O3.O=CO. The van der Waals surface area contributed by atoms with E-state index in [0.29, 0.717) is 30.0 Å². The molecule has 3 heterocycles. The number of benzene rings is 1. The number of hydrogen-bond acceptors (Lipinski definition) is 5. The lowest BCUT2D eigenvalue weighted by Gasteiger charge is -2.29. The maximum absolute atomic E-state index is 12.6. The zero-order chi connectivity index (χ0) is 20.3. The number of carboxylic acid groups (broad SMARTS) is 1. The van der Waals surface area contributed by atoms with Crippen molar-refractivity contribution in [1.82, 2.24) is 10.2 Å². The van der Waals surface area contributed by atoms with Gasteiger partial charge in [0.2, 0.25) is 0 Å². The number of nitrogens with zero attached hydrogens (tertiary/aromatic N) is 1. The molecule has 1 spiro atoms. The Balaban J connectivity index is 0.000000706. The Morgan fingerprint density at radius 2 is 2.25 bits per heavy atom. The smallest absolute Gasteiger partial charge is 0.290 e. The standard InChI is InChI=1S/C20H28N2O3.CH2O2/c1-4-22-11-16-15(17-7-8-20(16,12-22)25-17)10-21-19(23)14-6-5-13(2)18(9-14)24-3;2-1-3/h5-6,9,15-17H,4,7-8,10-12H2,1-3H3,(H,21,23);1H,(H,2,3)/t15-,16+,17+,20+;/m0./s1. The molecule has 0 aromatic heterocycles. The van der Waals surface area contributed by atoms with E-state index in [1.807, 2.05) is 25.1 Å². The third-order valence-electron chi connectivity index (χ3n) is 6.47. The average Bonchev–Trinajstić information content (AvgIpc) is 3.35. The first kappa shape index (κ1) is 20.6. The molecule has 0 saturated carbocycles. The fourth-order valence-corrected chi connectivity index (χ4v) is 5.07. The van der Waals surface area contributed by atoms with E-state index in [0.717, 1.165) is 37.4 Å². The number of hydrogen-bond donors (Lipinski definition) is 2. The minimum atomic E-state index is -0.250. The molecule has 3 aliphatic heterocycles. The van der Waals surface area contributed by atoms with E-state index in [2.05, 4.69) is 17.1 Å². The number of aryl methyl sites for hydroxylation is 1. The van der Waals surface area contributed by atoms with E-state index in [1.54, 1.807) is 7.11 Å². The second-order valence-corrected chi connectivity index (χ2v) is 7.86. The monoisotopic (exact) mass is 390 g/mol. The molecule has 0 radical (unpaired) electrons. The quantitative estimate of drug-likeness (QED) is 0.747. The summed E-state index contributed by atoms with van der Waals surface area (Å²) in [7, 11) is 1.63. The minimum absolute atomic E-state index is 0.0273. The third-order valence-corrected chi connectivity index (χ3v) is 6.47. The molecule has 7 heteroatoms. The molecular formula is C21H30N2O5. The number of likely N-dealkylation sites (tertiary alicyclic amines) is 1. The topological polar surface area (TPSA) is 88.1 Å². The Bertz CT molecular complexity index is 725. The highest BCUT2D eigenvalue weighted by Gasteiger charge is 2.62. The van der Waals surface area contributed by atoms with Crippen LogP contribution in [0.1, 0.15) is 35.7 Å². The van der Waals surface area contributed by atoms with Gasteiger partial charge in [-0.25, -0.2) is 0 Å². The van der Waals surface area contributed by atoms with Crippen molar-refractivity contribution in [3.05, 3.63) is 29.3 Å². The van der Waals surface area contributed by atoms with Crippen LogP contribution in [0.2, 0.25) is 0 Å². The molecule has 2 N–H and O–H groups in total. The highest BCUT2D eigenvalue weighted by atomic mass is 16.5. The summed E-state index contributed by atoms with van der Waals surface area (Å²) in [5.74, 6) is 1.71. The molecule has 3 fully saturated rings. The maximum Gasteiger partial charge on any atom is 0.290 e. The minimum Gasteiger partial charge on any atom is -0.496 e. The molecule has 4 rings (SSSR count). The second kappa shape index (κ2) is 8.49. The Morgan fingerprint density at radius 1 is 1.50 bits per heavy atom. The van der Waals surface area contributed by atoms with Gasteiger partial charge in [0.1, 0.15) is 5.75 Å². The number of ether oxygens (including phenoxy) is 2. The highest BCUT2D eigenvalue weighted by Crippen LogP contribution is 2.54. The van der Waals surface area contributed by atoms with Crippen molar-refractivity contribution in [3.63, 3.8) is 0 Å². The highest BCUT2D eigenvalue weighted by molar-refractivity contribution is 5.94. The van der Waals surface area contributed by atoms with Gasteiger partial charge in [-0.1, -0.05) is 13.0 Å². The van der Waals surface area contributed by atoms with E-state index in [9.17, 15) is 4.79 Å². The molecule has 1 aromatic rings. The van der Waals surface area contributed by atoms with Gasteiger partial charge >= 0.3 is 0 Å². The fourth-order valence-electron chi connectivity index (χ4n) is 5.07. The molecule has 3 saturated heterocycles. The van der Waals surface area contributed by atoms with E-state index in [-0.39, 0.29) is 18.0 Å².